The highest BCUT2D eigenvalue weighted by Crippen LogP contribution is 2.27. The predicted molar refractivity (Wildman–Crippen MR) is 123 cm³/mol. The van der Waals surface area contributed by atoms with E-state index in [1.807, 2.05) is 63.1 Å². The first kappa shape index (κ1) is 26.5. The molecule has 0 aromatic heterocycles. The summed E-state index contributed by atoms with van der Waals surface area (Å²) < 4.78 is 0. The van der Waals surface area contributed by atoms with E-state index in [4.69, 9.17) is 4.79 Å². The number of benzene rings is 2. The van der Waals surface area contributed by atoms with Gasteiger partial charge in [-0.05, 0) is 29.2 Å². The zero-order valence-corrected chi connectivity index (χ0v) is 18.1. The first-order chi connectivity index (χ1) is 14.2. The first-order valence-electron chi connectivity index (χ1n) is 10.6. The smallest absolute Gasteiger partial charge is 0.155 e. The van der Waals surface area contributed by atoms with Gasteiger partial charge in [-0.15, -0.1) is 0 Å². The second kappa shape index (κ2) is 17.5. The molecule has 29 heavy (non-hydrogen) atoms. The molecular formula is C26H36O3. The van der Waals surface area contributed by atoms with Crippen LogP contribution in [0.3, 0.4) is 0 Å². The second-order valence-corrected chi connectivity index (χ2v) is 6.75. The van der Waals surface area contributed by atoms with Crippen molar-refractivity contribution in [2.75, 3.05) is 0 Å². The molecule has 0 N–H and O–H groups in total. The van der Waals surface area contributed by atoms with Crippen LogP contribution in [-0.2, 0) is 9.59 Å². The van der Waals surface area contributed by atoms with Crippen LogP contribution in [0.2, 0.25) is 0 Å². The van der Waals surface area contributed by atoms with Gasteiger partial charge in [0.25, 0.3) is 0 Å². The van der Waals surface area contributed by atoms with Gasteiger partial charge in [0.05, 0.1) is 0 Å². The number of carbonyl (C=O) groups is 3. The minimum atomic E-state index is 0.204. The minimum absolute atomic E-state index is 0.204. The highest BCUT2D eigenvalue weighted by Gasteiger charge is 2.12. The van der Waals surface area contributed by atoms with Crippen LogP contribution >= 0.6 is 0 Å². The van der Waals surface area contributed by atoms with E-state index in [-0.39, 0.29) is 5.78 Å². The van der Waals surface area contributed by atoms with E-state index >= 15 is 0 Å². The zero-order chi connectivity index (χ0) is 21.9. The van der Waals surface area contributed by atoms with Crippen LogP contribution in [0, 0.1) is 5.92 Å². The SMILES string of the molecule is C=CC(=O)CCCC1CCCCC1.C=O.CC.O=Cc1cccc2ccccc12. The Kier molecular flexibility index (Phi) is 16.0. The standard InChI is InChI=1S/C12H20O.C11H8O.C2H6.CH2O/c1-2-12(13)10-6-9-11-7-4-3-5-8-11;12-8-10-6-3-5-9-4-1-2-7-11(9)10;2*1-2/h2,11H,1,3-10H2;1-8H;1-2H3;1H2. The summed E-state index contributed by atoms with van der Waals surface area (Å²) >= 11 is 0. The third-order valence-corrected chi connectivity index (χ3v) is 4.94. The highest BCUT2D eigenvalue weighted by atomic mass is 16.1. The Balaban J connectivity index is 0.000000462. The Hall–Kier alpha value is -2.55. The van der Waals surface area contributed by atoms with Crippen LogP contribution in [0.25, 0.3) is 10.8 Å². The van der Waals surface area contributed by atoms with E-state index in [0.29, 0.717) is 6.42 Å². The fourth-order valence-electron chi connectivity index (χ4n) is 3.50. The lowest BCUT2D eigenvalue weighted by Gasteiger charge is -2.20. The molecule has 3 nitrogen and oxygen atoms in total. The van der Waals surface area contributed by atoms with E-state index < -0.39 is 0 Å². The number of carbonyl (C=O) groups excluding carboxylic acids is 3. The molecule has 3 rings (SSSR count). The van der Waals surface area contributed by atoms with Gasteiger partial charge < -0.3 is 4.79 Å². The molecule has 1 fully saturated rings. The molecule has 0 saturated heterocycles. The molecule has 1 saturated carbocycles. The van der Waals surface area contributed by atoms with Crippen molar-refractivity contribution >= 4 is 29.6 Å². The van der Waals surface area contributed by atoms with Crippen LogP contribution in [0.1, 0.15) is 75.6 Å². The molecule has 0 atom stereocenters. The fraction of sp³-hybridized carbons (Fsp3) is 0.423. The summed E-state index contributed by atoms with van der Waals surface area (Å²) in [4.78, 5) is 29.6. The van der Waals surface area contributed by atoms with Crippen LogP contribution in [0.15, 0.2) is 55.1 Å². The molecule has 0 amide bonds. The Morgan fingerprint density at radius 1 is 1.00 bits per heavy atom. The van der Waals surface area contributed by atoms with Crippen molar-refractivity contribution in [2.45, 2.75) is 65.2 Å². The summed E-state index contributed by atoms with van der Waals surface area (Å²) in [6.45, 7) is 9.48. The number of aldehydes is 1. The van der Waals surface area contributed by atoms with Crippen molar-refractivity contribution in [3.8, 4) is 0 Å². The average molecular weight is 397 g/mol. The molecule has 0 spiro atoms. The van der Waals surface area contributed by atoms with Crippen LogP contribution in [-0.4, -0.2) is 18.9 Å². The molecule has 158 valence electrons. The molecule has 2 aromatic rings. The van der Waals surface area contributed by atoms with Gasteiger partial charge in [0.1, 0.15) is 6.79 Å². The molecule has 0 bridgehead atoms. The number of allylic oxidation sites excluding steroid dienone is 1. The number of rotatable bonds is 6. The van der Waals surface area contributed by atoms with Crippen molar-refractivity contribution in [1.29, 1.82) is 0 Å². The first-order valence-corrected chi connectivity index (χ1v) is 10.6. The molecule has 0 radical (unpaired) electrons. The van der Waals surface area contributed by atoms with E-state index in [9.17, 15) is 9.59 Å². The van der Waals surface area contributed by atoms with Crippen molar-refractivity contribution < 1.29 is 14.4 Å². The van der Waals surface area contributed by atoms with Gasteiger partial charge in [0, 0.05) is 12.0 Å². The third kappa shape index (κ3) is 10.5. The summed E-state index contributed by atoms with van der Waals surface area (Å²) in [5.41, 5.74) is 0.758. The summed E-state index contributed by atoms with van der Waals surface area (Å²) in [6, 6.07) is 13.6. The predicted octanol–water partition coefficient (Wildman–Crippen LogP) is 6.99. The number of ketones is 1. The molecule has 0 heterocycles. The lowest BCUT2D eigenvalue weighted by molar-refractivity contribution is -0.114. The average Bonchev–Trinajstić information content (AvgIpc) is 2.82. The summed E-state index contributed by atoms with van der Waals surface area (Å²) in [5.74, 6) is 1.11. The third-order valence-electron chi connectivity index (χ3n) is 4.94. The maximum Gasteiger partial charge on any atom is 0.155 e. The molecule has 2 aromatic carbocycles. The molecule has 1 aliphatic carbocycles. The van der Waals surface area contributed by atoms with Crippen molar-refractivity contribution in [3.05, 3.63) is 60.7 Å². The highest BCUT2D eigenvalue weighted by molar-refractivity contribution is 5.97. The molecular weight excluding hydrogens is 360 g/mol. The molecule has 1 aliphatic rings. The van der Waals surface area contributed by atoms with E-state index in [1.54, 1.807) is 0 Å². The quantitative estimate of drug-likeness (QED) is 0.391. The van der Waals surface area contributed by atoms with Gasteiger partial charge in [-0.3, -0.25) is 9.59 Å². The zero-order valence-electron chi connectivity index (χ0n) is 18.1. The lowest BCUT2D eigenvalue weighted by Crippen LogP contribution is -2.06. The van der Waals surface area contributed by atoms with Gasteiger partial charge in [0.15, 0.2) is 12.1 Å². The van der Waals surface area contributed by atoms with E-state index in [1.165, 1.54) is 44.6 Å². The van der Waals surface area contributed by atoms with Crippen LogP contribution in [0.5, 0.6) is 0 Å². The van der Waals surface area contributed by atoms with Gasteiger partial charge in [-0.1, -0.05) is 101 Å². The largest absolute Gasteiger partial charge is 0.307 e. The second-order valence-electron chi connectivity index (χ2n) is 6.75. The van der Waals surface area contributed by atoms with Crippen molar-refractivity contribution in [3.63, 3.8) is 0 Å². The Morgan fingerprint density at radius 2 is 1.62 bits per heavy atom. The van der Waals surface area contributed by atoms with Gasteiger partial charge in [-0.2, -0.15) is 0 Å². The van der Waals surface area contributed by atoms with E-state index in [2.05, 4.69) is 6.58 Å². The molecule has 0 unspecified atom stereocenters. The normalized spacial score (nSPS) is 12.8. The monoisotopic (exact) mass is 396 g/mol. The Labute approximate surface area is 176 Å². The van der Waals surface area contributed by atoms with Crippen LogP contribution < -0.4 is 0 Å². The Bertz CT molecular complexity index is 709. The summed E-state index contributed by atoms with van der Waals surface area (Å²) in [5, 5.41) is 2.14. The molecule has 0 aliphatic heterocycles. The Morgan fingerprint density at radius 3 is 2.24 bits per heavy atom. The molecule has 3 heteroatoms. The minimum Gasteiger partial charge on any atom is -0.307 e. The van der Waals surface area contributed by atoms with Crippen molar-refractivity contribution in [2.24, 2.45) is 5.92 Å². The fourth-order valence-corrected chi connectivity index (χ4v) is 3.50. The van der Waals surface area contributed by atoms with Gasteiger partial charge in [-0.25, -0.2) is 0 Å². The van der Waals surface area contributed by atoms with Crippen molar-refractivity contribution in [1.82, 2.24) is 0 Å². The topological polar surface area (TPSA) is 51.2 Å². The number of fused-ring (bicyclic) bond motifs is 1. The maximum absolute atomic E-state index is 10.9. The van der Waals surface area contributed by atoms with Gasteiger partial charge >= 0.3 is 0 Å². The van der Waals surface area contributed by atoms with Gasteiger partial charge in [0.2, 0.25) is 0 Å². The lowest BCUT2D eigenvalue weighted by atomic mass is 9.85. The maximum atomic E-state index is 10.9. The number of hydrogen-bond acceptors (Lipinski definition) is 3. The summed E-state index contributed by atoms with van der Waals surface area (Å²) in [7, 11) is 0. The van der Waals surface area contributed by atoms with Crippen LogP contribution in [0.4, 0.5) is 0 Å². The van der Waals surface area contributed by atoms with E-state index in [0.717, 1.165) is 35.0 Å². The number of hydrogen-bond donors (Lipinski definition) is 0. The summed E-state index contributed by atoms with van der Waals surface area (Å²) in [6.07, 6.45) is 12.4.